The summed E-state index contributed by atoms with van der Waals surface area (Å²) in [5.74, 6) is 0.172. The summed E-state index contributed by atoms with van der Waals surface area (Å²) in [4.78, 5) is 10.9. The van der Waals surface area contributed by atoms with Gasteiger partial charge in [-0.25, -0.2) is 0 Å². The molecule has 0 aliphatic carbocycles. The average molecular weight is 255 g/mol. The topological polar surface area (TPSA) is 52.3 Å². The zero-order chi connectivity index (χ0) is 13.8. The SMILES string of the molecule is Cc1cccc(-c2ccc(O[C@@H](C)C(N)=O)cc2)c1. The summed E-state index contributed by atoms with van der Waals surface area (Å²) in [7, 11) is 0. The fraction of sp³-hybridized carbons (Fsp3) is 0.188. The van der Waals surface area contributed by atoms with Crippen molar-refractivity contribution in [2.24, 2.45) is 5.73 Å². The molecule has 0 radical (unpaired) electrons. The maximum absolute atomic E-state index is 10.9. The van der Waals surface area contributed by atoms with Gasteiger partial charge >= 0.3 is 0 Å². The van der Waals surface area contributed by atoms with Gasteiger partial charge in [0.1, 0.15) is 5.75 Å². The molecule has 0 bridgehead atoms. The minimum atomic E-state index is -0.621. The minimum Gasteiger partial charge on any atom is -0.481 e. The molecule has 0 heterocycles. The molecule has 98 valence electrons. The smallest absolute Gasteiger partial charge is 0.258 e. The van der Waals surface area contributed by atoms with Crippen molar-refractivity contribution in [3.05, 3.63) is 54.1 Å². The van der Waals surface area contributed by atoms with E-state index in [1.807, 2.05) is 30.3 Å². The summed E-state index contributed by atoms with van der Waals surface area (Å²) >= 11 is 0. The third kappa shape index (κ3) is 3.35. The maximum Gasteiger partial charge on any atom is 0.258 e. The van der Waals surface area contributed by atoms with Crippen molar-refractivity contribution < 1.29 is 9.53 Å². The number of primary amides is 1. The molecule has 0 aromatic heterocycles. The second kappa shape index (κ2) is 5.57. The highest BCUT2D eigenvalue weighted by Gasteiger charge is 2.09. The molecule has 0 saturated carbocycles. The predicted octanol–water partition coefficient (Wildman–Crippen LogP) is 2.91. The van der Waals surface area contributed by atoms with Gasteiger partial charge in [0.15, 0.2) is 6.10 Å². The Bertz CT molecular complexity index is 576. The van der Waals surface area contributed by atoms with Gasteiger partial charge in [0.25, 0.3) is 5.91 Å². The second-order valence-corrected chi connectivity index (χ2v) is 4.56. The molecule has 2 aromatic carbocycles. The van der Waals surface area contributed by atoms with E-state index in [1.165, 1.54) is 5.56 Å². The van der Waals surface area contributed by atoms with E-state index in [1.54, 1.807) is 6.92 Å². The van der Waals surface area contributed by atoms with E-state index in [0.717, 1.165) is 11.1 Å². The lowest BCUT2D eigenvalue weighted by atomic mass is 10.0. The Balaban J connectivity index is 2.17. The Morgan fingerprint density at radius 1 is 1.11 bits per heavy atom. The standard InChI is InChI=1S/C16H17NO2/c1-11-4-3-5-14(10-11)13-6-8-15(9-7-13)19-12(2)16(17)18/h3-10,12H,1-2H3,(H2,17,18)/t12-/m0/s1. The highest BCUT2D eigenvalue weighted by Crippen LogP contribution is 2.23. The van der Waals surface area contributed by atoms with Crippen molar-refractivity contribution in [1.82, 2.24) is 0 Å². The number of hydrogen-bond acceptors (Lipinski definition) is 2. The fourth-order valence-corrected chi connectivity index (χ4v) is 1.81. The zero-order valence-corrected chi connectivity index (χ0v) is 11.1. The Kier molecular flexibility index (Phi) is 3.85. The van der Waals surface area contributed by atoms with Crippen LogP contribution in [0.2, 0.25) is 0 Å². The van der Waals surface area contributed by atoms with Gasteiger partial charge in [-0.05, 0) is 37.1 Å². The van der Waals surface area contributed by atoms with Crippen LogP contribution < -0.4 is 10.5 Å². The van der Waals surface area contributed by atoms with Crippen LogP contribution in [0.1, 0.15) is 12.5 Å². The number of benzene rings is 2. The van der Waals surface area contributed by atoms with Crippen LogP contribution in [0.4, 0.5) is 0 Å². The predicted molar refractivity (Wildman–Crippen MR) is 75.9 cm³/mol. The van der Waals surface area contributed by atoms with Crippen LogP contribution in [0.15, 0.2) is 48.5 Å². The first-order valence-electron chi connectivity index (χ1n) is 6.19. The molecule has 0 fully saturated rings. The minimum absolute atomic E-state index is 0.470. The molecule has 2 aromatic rings. The number of aryl methyl sites for hydroxylation is 1. The van der Waals surface area contributed by atoms with Gasteiger partial charge in [-0.3, -0.25) is 4.79 Å². The lowest BCUT2D eigenvalue weighted by Crippen LogP contribution is -2.30. The first kappa shape index (κ1) is 13.1. The van der Waals surface area contributed by atoms with Crippen molar-refractivity contribution in [3.8, 4) is 16.9 Å². The van der Waals surface area contributed by atoms with E-state index < -0.39 is 12.0 Å². The summed E-state index contributed by atoms with van der Waals surface area (Å²) in [5, 5.41) is 0. The van der Waals surface area contributed by atoms with Crippen LogP contribution in [0.3, 0.4) is 0 Å². The number of hydrogen-bond donors (Lipinski definition) is 1. The molecule has 3 nitrogen and oxygen atoms in total. The van der Waals surface area contributed by atoms with E-state index in [2.05, 4.69) is 25.1 Å². The number of amides is 1. The highest BCUT2D eigenvalue weighted by molar-refractivity contribution is 5.78. The molecular weight excluding hydrogens is 238 g/mol. The Morgan fingerprint density at radius 2 is 1.79 bits per heavy atom. The Labute approximate surface area is 113 Å². The van der Waals surface area contributed by atoms with Gasteiger partial charge in [-0.1, -0.05) is 42.0 Å². The molecule has 3 heteroatoms. The monoisotopic (exact) mass is 255 g/mol. The highest BCUT2D eigenvalue weighted by atomic mass is 16.5. The van der Waals surface area contributed by atoms with Crippen molar-refractivity contribution in [2.75, 3.05) is 0 Å². The summed E-state index contributed by atoms with van der Waals surface area (Å²) in [6.45, 7) is 3.70. The molecule has 0 aliphatic rings. The third-order valence-corrected chi connectivity index (χ3v) is 2.92. The molecule has 0 spiro atoms. The lowest BCUT2D eigenvalue weighted by molar-refractivity contribution is -0.123. The van der Waals surface area contributed by atoms with Crippen LogP contribution >= 0.6 is 0 Å². The van der Waals surface area contributed by atoms with Crippen molar-refractivity contribution >= 4 is 5.91 Å². The molecule has 19 heavy (non-hydrogen) atoms. The number of nitrogens with two attached hydrogens (primary N) is 1. The largest absolute Gasteiger partial charge is 0.481 e. The van der Waals surface area contributed by atoms with Gasteiger partial charge in [0, 0.05) is 0 Å². The van der Waals surface area contributed by atoms with Gasteiger partial charge in [-0.15, -0.1) is 0 Å². The molecular formula is C16H17NO2. The molecule has 0 aliphatic heterocycles. The number of carbonyl (C=O) groups is 1. The summed E-state index contributed by atoms with van der Waals surface area (Å²) in [6, 6.07) is 15.9. The third-order valence-electron chi connectivity index (χ3n) is 2.92. The molecule has 0 saturated heterocycles. The number of carbonyl (C=O) groups excluding carboxylic acids is 1. The summed E-state index contributed by atoms with van der Waals surface area (Å²) < 4.78 is 5.42. The molecule has 1 atom stereocenters. The van der Waals surface area contributed by atoms with E-state index in [4.69, 9.17) is 10.5 Å². The van der Waals surface area contributed by atoms with Crippen LogP contribution in [0, 0.1) is 6.92 Å². The summed E-state index contributed by atoms with van der Waals surface area (Å²) in [6.07, 6.45) is -0.621. The maximum atomic E-state index is 10.9. The van der Waals surface area contributed by atoms with E-state index in [-0.39, 0.29) is 0 Å². The van der Waals surface area contributed by atoms with Crippen LogP contribution in [-0.2, 0) is 4.79 Å². The Hall–Kier alpha value is -2.29. The average Bonchev–Trinajstić information content (AvgIpc) is 2.39. The Morgan fingerprint density at radius 3 is 2.37 bits per heavy atom. The van der Waals surface area contributed by atoms with E-state index in [9.17, 15) is 4.79 Å². The normalized spacial score (nSPS) is 11.9. The fourth-order valence-electron chi connectivity index (χ4n) is 1.81. The molecule has 2 N–H and O–H groups in total. The van der Waals surface area contributed by atoms with Gasteiger partial charge < -0.3 is 10.5 Å². The van der Waals surface area contributed by atoms with Crippen LogP contribution in [0.25, 0.3) is 11.1 Å². The second-order valence-electron chi connectivity index (χ2n) is 4.56. The van der Waals surface area contributed by atoms with Gasteiger partial charge in [-0.2, -0.15) is 0 Å². The number of rotatable bonds is 4. The van der Waals surface area contributed by atoms with E-state index >= 15 is 0 Å². The summed E-state index contributed by atoms with van der Waals surface area (Å²) in [5.41, 5.74) is 8.66. The van der Waals surface area contributed by atoms with Crippen LogP contribution in [-0.4, -0.2) is 12.0 Å². The quantitative estimate of drug-likeness (QED) is 0.913. The molecule has 0 unspecified atom stereocenters. The van der Waals surface area contributed by atoms with Crippen molar-refractivity contribution in [2.45, 2.75) is 20.0 Å². The molecule has 1 amide bonds. The first-order valence-corrected chi connectivity index (χ1v) is 6.19. The lowest BCUT2D eigenvalue weighted by Gasteiger charge is -2.11. The van der Waals surface area contributed by atoms with Crippen molar-refractivity contribution in [3.63, 3.8) is 0 Å². The van der Waals surface area contributed by atoms with Gasteiger partial charge in [0.2, 0.25) is 0 Å². The van der Waals surface area contributed by atoms with Gasteiger partial charge in [0.05, 0.1) is 0 Å². The van der Waals surface area contributed by atoms with E-state index in [0.29, 0.717) is 5.75 Å². The number of ether oxygens (including phenoxy) is 1. The molecule has 2 rings (SSSR count). The van der Waals surface area contributed by atoms with Crippen molar-refractivity contribution in [1.29, 1.82) is 0 Å². The van der Waals surface area contributed by atoms with Crippen LogP contribution in [0.5, 0.6) is 5.75 Å². The first-order chi connectivity index (χ1) is 9.06. The zero-order valence-electron chi connectivity index (χ0n) is 11.1.